The van der Waals surface area contributed by atoms with Crippen molar-refractivity contribution >= 4 is 45.0 Å². The number of halogens is 1. The topological polar surface area (TPSA) is 93.8 Å². The fourth-order valence-corrected chi connectivity index (χ4v) is 4.63. The van der Waals surface area contributed by atoms with Gasteiger partial charge in [0.15, 0.2) is 0 Å². The number of anilines is 1. The summed E-state index contributed by atoms with van der Waals surface area (Å²) in [6.45, 7) is 4.50. The van der Waals surface area contributed by atoms with E-state index in [2.05, 4.69) is 26.3 Å². The molecule has 6 nitrogen and oxygen atoms in total. The molecule has 0 aliphatic carbocycles. The highest BCUT2D eigenvalue weighted by Crippen LogP contribution is 2.28. The molecule has 0 unspecified atom stereocenters. The number of amides is 1. The molecule has 3 N–H and O–H groups in total. The van der Waals surface area contributed by atoms with E-state index < -0.39 is 0 Å². The lowest BCUT2D eigenvalue weighted by molar-refractivity contribution is 0.0950. The molecule has 35 heavy (non-hydrogen) atoms. The Morgan fingerprint density at radius 3 is 2.66 bits per heavy atom. The van der Waals surface area contributed by atoms with Crippen molar-refractivity contribution in [3.8, 4) is 0 Å². The molecule has 0 radical (unpaired) electrons. The summed E-state index contributed by atoms with van der Waals surface area (Å²) in [6.07, 6.45) is 5.62. The van der Waals surface area contributed by atoms with Crippen LogP contribution in [0.25, 0.3) is 21.7 Å². The van der Waals surface area contributed by atoms with Gasteiger partial charge < -0.3 is 11.1 Å². The second-order valence-electron chi connectivity index (χ2n) is 8.66. The zero-order valence-corrected chi connectivity index (χ0v) is 20.2. The van der Waals surface area contributed by atoms with Crippen LogP contribution in [0.1, 0.15) is 38.3 Å². The normalized spacial score (nSPS) is 11.2. The lowest BCUT2D eigenvalue weighted by Crippen LogP contribution is -2.24. The lowest BCUT2D eigenvalue weighted by atomic mass is 9.96. The summed E-state index contributed by atoms with van der Waals surface area (Å²) < 4.78 is 0. The summed E-state index contributed by atoms with van der Waals surface area (Å²) in [7, 11) is 0. The molecule has 1 amide bonds. The second-order valence-corrected chi connectivity index (χ2v) is 9.10. The number of pyridine rings is 3. The van der Waals surface area contributed by atoms with E-state index in [1.165, 1.54) is 0 Å². The van der Waals surface area contributed by atoms with Gasteiger partial charge in [0.05, 0.1) is 10.5 Å². The Kier molecular flexibility index (Phi) is 6.05. The van der Waals surface area contributed by atoms with Crippen LogP contribution in [0, 0.1) is 13.8 Å². The fourth-order valence-electron chi connectivity index (χ4n) is 4.46. The van der Waals surface area contributed by atoms with Crippen LogP contribution in [0.2, 0.25) is 5.02 Å². The van der Waals surface area contributed by atoms with E-state index in [0.717, 1.165) is 49.6 Å². The van der Waals surface area contributed by atoms with Gasteiger partial charge in [-0.15, -0.1) is 0 Å². The molecular weight excluding hydrogens is 458 g/mol. The number of hydrogen-bond acceptors (Lipinski definition) is 5. The predicted octanol–water partition coefficient (Wildman–Crippen LogP) is 5.55. The first-order chi connectivity index (χ1) is 16.9. The monoisotopic (exact) mass is 481 g/mol. The van der Waals surface area contributed by atoms with Crippen LogP contribution in [0.15, 0.2) is 67.1 Å². The van der Waals surface area contributed by atoms with Crippen molar-refractivity contribution in [2.75, 3.05) is 5.73 Å². The minimum absolute atomic E-state index is 0.142. The number of nitrogens with one attached hydrogen (secondary N) is 1. The van der Waals surface area contributed by atoms with Crippen LogP contribution in [-0.2, 0) is 13.0 Å². The minimum Gasteiger partial charge on any atom is -0.383 e. The molecule has 3 aromatic heterocycles. The van der Waals surface area contributed by atoms with Crippen molar-refractivity contribution in [3.05, 3.63) is 106 Å². The summed E-state index contributed by atoms with van der Waals surface area (Å²) in [4.78, 5) is 26.0. The van der Waals surface area contributed by atoms with Gasteiger partial charge in [-0.3, -0.25) is 14.8 Å². The van der Waals surface area contributed by atoms with E-state index in [1.54, 1.807) is 24.7 Å². The Hall–Kier alpha value is -4.03. The number of hydrogen-bond donors (Lipinski definition) is 2. The first kappa shape index (κ1) is 22.7. The van der Waals surface area contributed by atoms with Crippen molar-refractivity contribution < 1.29 is 4.79 Å². The first-order valence-corrected chi connectivity index (χ1v) is 11.7. The Morgan fingerprint density at radius 2 is 1.80 bits per heavy atom. The van der Waals surface area contributed by atoms with E-state index in [4.69, 9.17) is 17.3 Å². The SMILES string of the molecule is Cc1cc2c(N)nccc2c(C)c1CNC(=O)c1ccnc(Cc2ccc3ncc(Cl)cc3c2)c1. The molecule has 0 atom stereocenters. The van der Waals surface area contributed by atoms with E-state index in [1.807, 2.05) is 50.2 Å². The van der Waals surface area contributed by atoms with Crippen molar-refractivity contribution in [3.63, 3.8) is 0 Å². The highest BCUT2D eigenvalue weighted by molar-refractivity contribution is 6.31. The third kappa shape index (κ3) is 4.66. The number of aromatic nitrogens is 3. The van der Waals surface area contributed by atoms with Gasteiger partial charge in [-0.25, -0.2) is 4.98 Å². The lowest BCUT2D eigenvalue weighted by Gasteiger charge is -2.15. The number of nitrogens with zero attached hydrogens (tertiary/aromatic N) is 3. The third-order valence-electron chi connectivity index (χ3n) is 6.32. The number of nitrogens with two attached hydrogens (primary N) is 1. The standard InChI is InChI=1S/C28H24ClN5O/c1-16-9-24-23(6-8-32-27(24)30)17(2)25(16)15-34-28(35)19-5-7-31-22(13-19)11-18-3-4-26-20(10-18)12-21(29)14-33-26/h3-10,12-14H,11,15H2,1-2H3,(H2,30,32)(H,34,35). The summed E-state index contributed by atoms with van der Waals surface area (Å²) >= 11 is 6.09. The maximum absolute atomic E-state index is 13.0. The third-order valence-corrected chi connectivity index (χ3v) is 6.52. The van der Waals surface area contributed by atoms with Gasteiger partial charge in [-0.2, -0.15) is 0 Å². The molecular formula is C28H24ClN5O. The van der Waals surface area contributed by atoms with Crippen LogP contribution in [0.5, 0.6) is 0 Å². The minimum atomic E-state index is -0.142. The van der Waals surface area contributed by atoms with Crippen LogP contribution in [0.3, 0.4) is 0 Å². The zero-order chi connectivity index (χ0) is 24.5. The summed E-state index contributed by atoms with van der Waals surface area (Å²) in [6, 6.07) is 15.5. The average molecular weight is 482 g/mol. The predicted molar refractivity (Wildman–Crippen MR) is 141 cm³/mol. The summed E-state index contributed by atoms with van der Waals surface area (Å²) in [5.74, 6) is 0.371. The number of fused-ring (bicyclic) bond motifs is 2. The fraction of sp³-hybridized carbons (Fsp3) is 0.143. The average Bonchev–Trinajstić information content (AvgIpc) is 2.84. The van der Waals surface area contributed by atoms with E-state index in [0.29, 0.717) is 29.4 Å². The number of aryl methyl sites for hydroxylation is 2. The maximum Gasteiger partial charge on any atom is 0.251 e. The molecule has 5 rings (SSSR count). The van der Waals surface area contributed by atoms with Crippen molar-refractivity contribution in [1.82, 2.24) is 20.3 Å². The molecule has 0 fully saturated rings. The van der Waals surface area contributed by atoms with E-state index >= 15 is 0 Å². The molecule has 0 aliphatic heterocycles. The van der Waals surface area contributed by atoms with Gasteiger partial charge >= 0.3 is 0 Å². The van der Waals surface area contributed by atoms with Gasteiger partial charge in [-0.1, -0.05) is 17.7 Å². The maximum atomic E-state index is 13.0. The zero-order valence-electron chi connectivity index (χ0n) is 19.5. The summed E-state index contributed by atoms with van der Waals surface area (Å²) in [5.41, 5.74) is 12.6. The van der Waals surface area contributed by atoms with Gasteiger partial charge in [0.1, 0.15) is 5.82 Å². The number of rotatable bonds is 5. The quantitative estimate of drug-likeness (QED) is 0.343. The van der Waals surface area contributed by atoms with Gasteiger partial charge in [0.2, 0.25) is 0 Å². The number of nitrogen functional groups attached to an aromatic ring is 1. The molecule has 5 aromatic rings. The number of carbonyl (C=O) groups is 1. The van der Waals surface area contributed by atoms with Crippen molar-refractivity contribution in [2.45, 2.75) is 26.8 Å². The summed E-state index contributed by atoms with van der Waals surface area (Å²) in [5, 5.41) is 6.62. The largest absolute Gasteiger partial charge is 0.383 e. The number of carbonyl (C=O) groups excluding carboxylic acids is 1. The van der Waals surface area contributed by atoms with Crippen LogP contribution >= 0.6 is 11.6 Å². The Bertz CT molecular complexity index is 1600. The van der Waals surface area contributed by atoms with Crippen molar-refractivity contribution in [1.29, 1.82) is 0 Å². The highest BCUT2D eigenvalue weighted by Gasteiger charge is 2.13. The molecule has 2 aromatic carbocycles. The molecule has 174 valence electrons. The first-order valence-electron chi connectivity index (χ1n) is 11.3. The molecule has 0 bridgehead atoms. The van der Waals surface area contributed by atoms with Crippen LogP contribution in [-0.4, -0.2) is 20.9 Å². The molecule has 0 saturated heterocycles. The highest BCUT2D eigenvalue weighted by atomic mass is 35.5. The van der Waals surface area contributed by atoms with E-state index in [-0.39, 0.29) is 5.91 Å². The molecule has 0 spiro atoms. The van der Waals surface area contributed by atoms with Gasteiger partial charge in [0.25, 0.3) is 5.91 Å². The molecule has 7 heteroatoms. The Balaban J connectivity index is 1.33. The number of benzene rings is 2. The smallest absolute Gasteiger partial charge is 0.251 e. The molecule has 0 saturated carbocycles. The molecule has 3 heterocycles. The second kappa shape index (κ2) is 9.31. The Morgan fingerprint density at radius 1 is 0.971 bits per heavy atom. The van der Waals surface area contributed by atoms with Gasteiger partial charge in [0, 0.05) is 53.6 Å². The van der Waals surface area contributed by atoms with Crippen molar-refractivity contribution in [2.24, 2.45) is 0 Å². The van der Waals surface area contributed by atoms with Gasteiger partial charge in [-0.05, 0) is 84.0 Å². The van der Waals surface area contributed by atoms with E-state index in [9.17, 15) is 4.79 Å². The van der Waals surface area contributed by atoms with Crippen LogP contribution < -0.4 is 11.1 Å². The van der Waals surface area contributed by atoms with Crippen LogP contribution in [0.4, 0.5) is 5.82 Å². The Labute approximate surface area is 208 Å². The molecule has 0 aliphatic rings.